The Labute approximate surface area is 97.8 Å². The van der Waals surface area contributed by atoms with Crippen molar-refractivity contribution in [2.75, 3.05) is 26.2 Å². The van der Waals surface area contributed by atoms with Crippen molar-refractivity contribution >= 4 is 5.91 Å². The summed E-state index contributed by atoms with van der Waals surface area (Å²) in [6.45, 7) is 7.92. The van der Waals surface area contributed by atoms with Crippen LogP contribution in [0.3, 0.4) is 0 Å². The molecule has 3 atom stereocenters. The lowest BCUT2D eigenvalue weighted by molar-refractivity contribution is -0.132. The molecule has 2 aliphatic rings. The van der Waals surface area contributed by atoms with Crippen molar-refractivity contribution in [3.63, 3.8) is 0 Å². The first-order chi connectivity index (χ1) is 7.70. The number of amides is 1. The van der Waals surface area contributed by atoms with Gasteiger partial charge in [-0.2, -0.15) is 0 Å². The summed E-state index contributed by atoms with van der Waals surface area (Å²) in [5, 5.41) is 6.68. The second-order valence-electron chi connectivity index (χ2n) is 5.12. The van der Waals surface area contributed by atoms with Crippen molar-refractivity contribution in [1.29, 1.82) is 0 Å². The maximum absolute atomic E-state index is 12.2. The highest BCUT2D eigenvalue weighted by Crippen LogP contribution is 2.19. The van der Waals surface area contributed by atoms with Crippen molar-refractivity contribution < 1.29 is 4.79 Å². The van der Waals surface area contributed by atoms with Crippen LogP contribution in [0.25, 0.3) is 0 Å². The molecule has 4 nitrogen and oxygen atoms in total. The fourth-order valence-corrected chi connectivity index (χ4v) is 2.54. The summed E-state index contributed by atoms with van der Waals surface area (Å²) in [4.78, 5) is 14.2. The molecular weight excluding hydrogens is 202 g/mol. The molecule has 0 saturated carbocycles. The topological polar surface area (TPSA) is 44.4 Å². The molecule has 92 valence electrons. The lowest BCUT2D eigenvalue weighted by atomic mass is 10.1. The Morgan fingerprint density at radius 2 is 2.19 bits per heavy atom. The molecule has 0 radical (unpaired) electrons. The second-order valence-corrected chi connectivity index (χ2v) is 5.12. The molecule has 0 aromatic heterocycles. The van der Waals surface area contributed by atoms with Gasteiger partial charge in [0.2, 0.25) is 5.91 Å². The smallest absolute Gasteiger partial charge is 0.241 e. The molecule has 4 heteroatoms. The number of piperazine rings is 1. The van der Waals surface area contributed by atoms with E-state index in [0.29, 0.717) is 6.04 Å². The predicted octanol–water partition coefficient (Wildman–Crippen LogP) is 0.195. The Hall–Kier alpha value is -0.610. The third-order valence-corrected chi connectivity index (χ3v) is 3.81. The van der Waals surface area contributed by atoms with Crippen LogP contribution in [0, 0.1) is 5.92 Å². The zero-order chi connectivity index (χ0) is 11.5. The third kappa shape index (κ3) is 2.55. The van der Waals surface area contributed by atoms with Crippen molar-refractivity contribution in [2.24, 2.45) is 5.92 Å². The summed E-state index contributed by atoms with van der Waals surface area (Å²) in [7, 11) is 0. The number of hydrogen-bond donors (Lipinski definition) is 2. The van der Waals surface area contributed by atoms with Gasteiger partial charge in [0.25, 0.3) is 0 Å². The quantitative estimate of drug-likeness (QED) is 0.705. The van der Waals surface area contributed by atoms with Gasteiger partial charge in [-0.15, -0.1) is 0 Å². The van der Waals surface area contributed by atoms with E-state index >= 15 is 0 Å². The Morgan fingerprint density at radius 1 is 1.38 bits per heavy atom. The zero-order valence-corrected chi connectivity index (χ0v) is 10.3. The maximum atomic E-state index is 12.2. The summed E-state index contributed by atoms with van der Waals surface area (Å²) in [5.74, 6) is 1.01. The molecule has 0 aromatic rings. The van der Waals surface area contributed by atoms with Gasteiger partial charge in [-0.3, -0.25) is 4.79 Å². The lowest BCUT2D eigenvalue weighted by Gasteiger charge is -2.31. The van der Waals surface area contributed by atoms with Gasteiger partial charge in [0.15, 0.2) is 0 Å². The fraction of sp³-hybridized carbons (Fsp3) is 0.917. The Balaban J connectivity index is 1.83. The molecule has 1 amide bonds. The number of hydrogen-bond acceptors (Lipinski definition) is 3. The molecule has 0 aromatic carbocycles. The van der Waals surface area contributed by atoms with E-state index in [9.17, 15) is 4.79 Å². The molecule has 2 rings (SSSR count). The normalized spacial score (nSPS) is 35.4. The first-order valence-corrected chi connectivity index (χ1v) is 6.46. The van der Waals surface area contributed by atoms with Gasteiger partial charge in [0, 0.05) is 32.2 Å². The summed E-state index contributed by atoms with van der Waals surface area (Å²) in [5.41, 5.74) is 0. The van der Waals surface area contributed by atoms with Gasteiger partial charge in [-0.25, -0.2) is 0 Å². The number of nitrogens with one attached hydrogen (secondary N) is 2. The van der Waals surface area contributed by atoms with Gasteiger partial charge < -0.3 is 15.5 Å². The van der Waals surface area contributed by atoms with E-state index in [0.717, 1.165) is 32.1 Å². The number of rotatable bonds is 2. The van der Waals surface area contributed by atoms with Crippen molar-refractivity contribution in [3.8, 4) is 0 Å². The SMILES string of the molecule is CCC1CCN(C(=O)C2CNC(C)CN2)C1. The van der Waals surface area contributed by atoms with Crippen LogP contribution in [-0.4, -0.2) is 49.1 Å². The molecule has 3 unspecified atom stereocenters. The average Bonchev–Trinajstić information content (AvgIpc) is 2.77. The highest BCUT2D eigenvalue weighted by molar-refractivity contribution is 5.82. The van der Waals surface area contributed by atoms with Gasteiger partial charge in [0.05, 0.1) is 6.04 Å². The van der Waals surface area contributed by atoms with E-state index in [1.165, 1.54) is 12.8 Å². The van der Waals surface area contributed by atoms with E-state index in [2.05, 4.69) is 24.5 Å². The second kappa shape index (κ2) is 5.15. The number of carbonyl (C=O) groups is 1. The minimum Gasteiger partial charge on any atom is -0.341 e. The molecule has 2 saturated heterocycles. The van der Waals surface area contributed by atoms with Gasteiger partial charge in [-0.1, -0.05) is 13.3 Å². The van der Waals surface area contributed by atoms with Gasteiger partial charge in [0.1, 0.15) is 0 Å². The Morgan fingerprint density at radius 3 is 2.75 bits per heavy atom. The first kappa shape index (κ1) is 11.9. The van der Waals surface area contributed by atoms with Crippen LogP contribution in [0.15, 0.2) is 0 Å². The average molecular weight is 225 g/mol. The van der Waals surface area contributed by atoms with Crippen LogP contribution in [0.2, 0.25) is 0 Å². The Bertz CT molecular complexity index is 245. The van der Waals surface area contributed by atoms with Crippen LogP contribution in [0.5, 0.6) is 0 Å². The molecular formula is C12H23N3O. The summed E-state index contributed by atoms with van der Waals surface area (Å²) in [6.07, 6.45) is 2.37. The zero-order valence-electron chi connectivity index (χ0n) is 10.3. The molecule has 16 heavy (non-hydrogen) atoms. The Kier molecular flexibility index (Phi) is 3.82. The van der Waals surface area contributed by atoms with Crippen molar-refractivity contribution in [1.82, 2.24) is 15.5 Å². The number of carbonyl (C=O) groups excluding carboxylic acids is 1. The van der Waals surface area contributed by atoms with Gasteiger partial charge >= 0.3 is 0 Å². The highest BCUT2D eigenvalue weighted by Gasteiger charge is 2.31. The maximum Gasteiger partial charge on any atom is 0.241 e. The van der Waals surface area contributed by atoms with Crippen LogP contribution < -0.4 is 10.6 Å². The van der Waals surface area contributed by atoms with E-state index < -0.39 is 0 Å². The van der Waals surface area contributed by atoms with Crippen LogP contribution in [-0.2, 0) is 4.79 Å². The first-order valence-electron chi connectivity index (χ1n) is 6.46. The molecule has 0 bridgehead atoms. The third-order valence-electron chi connectivity index (χ3n) is 3.81. The molecule has 2 aliphatic heterocycles. The fourth-order valence-electron chi connectivity index (χ4n) is 2.54. The van der Waals surface area contributed by atoms with Crippen LogP contribution in [0.1, 0.15) is 26.7 Å². The van der Waals surface area contributed by atoms with E-state index in [1.807, 2.05) is 4.90 Å². The monoisotopic (exact) mass is 225 g/mol. The number of likely N-dealkylation sites (tertiary alicyclic amines) is 1. The summed E-state index contributed by atoms with van der Waals surface area (Å²) in [6, 6.07) is 0.470. The minimum absolute atomic E-state index is 0.00759. The molecule has 2 fully saturated rings. The lowest BCUT2D eigenvalue weighted by Crippen LogP contribution is -2.59. The molecule has 0 spiro atoms. The van der Waals surface area contributed by atoms with Crippen molar-refractivity contribution in [3.05, 3.63) is 0 Å². The summed E-state index contributed by atoms with van der Waals surface area (Å²) >= 11 is 0. The summed E-state index contributed by atoms with van der Waals surface area (Å²) < 4.78 is 0. The highest BCUT2D eigenvalue weighted by atomic mass is 16.2. The standard InChI is InChI=1S/C12H23N3O/c1-3-10-4-5-15(8-10)12(16)11-7-13-9(2)6-14-11/h9-11,13-14H,3-8H2,1-2H3. The van der Waals surface area contributed by atoms with Crippen LogP contribution in [0.4, 0.5) is 0 Å². The molecule has 2 heterocycles. The van der Waals surface area contributed by atoms with E-state index in [1.54, 1.807) is 0 Å². The predicted molar refractivity (Wildman–Crippen MR) is 64.2 cm³/mol. The minimum atomic E-state index is -0.00759. The van der Waals surface area contributed by atoms with Crippen LogP contribution >= 0.6 is 0 Å². The molecule has 0 aliphatic carbocycles. The number of nitrogens with zero attached hydrogens (tertiary/aromatic N) is 1. The van der Waals surface area contributed by atoms with Crippen molar-refractivity contribution in [2.45, 2.75) is 38.8 Å². The largest absolute Gasteiger partial charge is 0.341 e. The van der Waals surface area contributed by atoms with E-state index in [4.69, 9.17) is 0 Å². The molecule has 2 N–H and O–H groups in total. The van der Waals surface area contributed by atoms with Gasteiger partial charge in [-0.05, 0) is 19.3 Å². The van der Waals surface area contributed by atoms with E-state index in [-0.39, 0.29) is 11.9 Å².